The highest BCUT2D eigenvalue weighted by Crippen LogP contribution is 2.13. The summed E-state index contributed by atoms with van der Waals surface area (Å²) in [4.78, 5) is 11.9. The average molecular weight is 264 g/mol. The highest BCUT2D eigenvalue weighted by molar-refractivity contribution is 5.94. The van der Waals surface area contributed by atoms with Crippen LogP contribution in [0.1, 0.15) is 33.3 Å². The second-order valence-electron chi connectivity index (χ2n) is 5.32. The molecule has 1 amide bonds. The van der Waals surface area contributed by atoms with Crippen molar-refractivity contribution in [3.05, 3.63) is 29.8 Å². The third-order valence-corrected chi connectivity index (χ3v) is 2.80. The molecule has 0 heterocycles. The zero-order chi connectivity index (χ0) is 14.4. The molecule has 0 unspecified atom stereocenters. The van der Waals surface area contributed by atoms with E-state index in [2.05, 4.69) is 5.32 Å². The number of nitrogens with two attached hydrogens (primary N) is 1. The molecule has 1 aromatic carbocycles. The maximum absolute atomic E-state index is 11.9. The first-order valence-electron chi connectivity index (χ1n) is 6.67. The first-order chi connectivity index (χ1) is 8.90. The lowest BCUT2D eigenvalue weighted by atomic mass is 10.0. The van der Waals surface area contributed by atoms with Crippen LogP contribution in [0.5, 0.6) is 0 Å². The van der Waals surface area contributed by atoms with E-state index in [1.165, 1.54) is 0 Å². The molecule has 0 aliphatic heterocycles. The number of carbonyl (C=O) groups excluding carboxylic acids is 1. The van der Waals surface area contributed by atoms with E-state index < -0.39 is 6.04 Å². The minimum Gasteiger partial charge on any atom is -0.374 e. The lowest BCUT2D eigenvalue weighted by Crippen LogP contribution is -2.39. The highest BCUT2D eigenvalue weighted by Gasteiger charge is 2.17. The monoisotopic (exact) mass is 264 g/mol. The third kappa shape index (κ3) is 5.41. The van der Waals surface area contributed by atoms with Crippen LogP contribution in [0, 0.1) is 5.92 Å². The molecule has 0 bridgehead atoms. The number of hydrogen-bond acceptors (Lipinski definition) is 3. The fourth-order valence-corrected chi connectivity index (χ4v) is 1.53. The first kappa shape index (κ1) is 15.7. The zero-order valence-electron chi connectivity index (χ0n) is 12.1. The van der Waals surface area contributed by atoms with Gasteiger partial charge in [0.2, 0.25) is 5.91 Å². The van der Waals surface area contributed by atoms with Gasteiger partial charge in [0.1, 0.15) is 0 Å². The molecule has 0 saturated carbocycles. The van der Waals surface area contributed by atoms with E-state index in [1.54, 1.807) is 0 Å². The van der Waals surface area contributed by atoms with Gasteiger partial charge < -0.3 is 15.8 Å². The van der Waals surface area contributed by atoms with Crippen molar-refractivity contribution in [2.75, 3.05) is 5.32 Å². The standard InChI is InChI=1S/C15H24N2O2/c1-10(2)14(16)15(18)17-13-7-5-6-12(8-13)9-19-11(3)4/h5-8,10-11,14H,9,16H2,1-4H3,(H,17,18)/t14-/m0/s1. The molecule has 3 N–H and O–H groups in total. The van der Waals surface area contributed by atoms with E-state index in [1.807, 2.05) is 52.0 Å². The number of nitrogens with one attached hydrogen (secondary N) is 1. The van der Waals surface area contributed by atoms with Crippen molar-refractivity contribution in [1.82, 2.24) is 0 Å². The molecule has 4 nitrogen and oxygen atoms in total. The molecule has 106 valence electrons. The second-order valence-corrected chi connectivity index (χ2v) is 5.32. The Morgan fingerprint density at radius 3 is 2.58 bits per heavy atom. The van der Waals surface area contributed by atoms with Gasteiger partial charge in [-0.25, -0.2) is 0 Å². The quantitative estimate of drug-likeness (QED) is 0.830. The molecule has 1 atom stereocenters. The van der Waals surface area contributed by atoms with Crippen LogP contribution in [0.15, 0.2) is 24.3 Å². The number of rotatable bonds is 6. The van der Waals surface area contributed by atoms with E-state index in [0.717, 1.165) is 11.3 Å². The van der Waals surface area contributed by atoms with E-state index in [0.29, 0.717) is 6.61 Å². The molecule has 0 fully saturated rings. The lowest BCUT2D eigenvalue weighted by Gasteiger charge is -2.16. The Balaban J connectivity index is 2.64. The molecule has 0 radical (unpaired) electrons. The molecular weight excluding hydrogens is 240 g/mol. The Bertz CT molecular complexity index is 416. The Morgan fingerprint density at radius 1 is 1.32 bits per heavy atom. The van der Waals surface area contributed by atoms with Gasteiger partial charge in [-0.2, -0.15) is 0 Å². The fourth-order valence-electron chi connectivity index (χ4n) is 1.53. The van der Waals surface area contributed by atoms with Gasteiger partial charge in [0.25, 0.3) is 0 Å². The zero-order valence-corrected chi connectivity index (χ0v) is 12.1. The number of benzene rings is 1. The van der Waals surface area contributed by atoms with Crippen LogP contribution >= 0.6 is 0 Å². The topological polar surface area (TPSA) is 64.3 Å². The van der Waals surface area contributed by atoms with Gasteiger partial charge in [0, 0.05) is 5.69 Å². The summed E-state index contributed by atoms with van der Waals surface area (Å²) in [6.07, 6.45) is 0.188. The van der Waals surface area contributed by atoms with E-state index >= 15 is 0 Å². The number of carbonyl (C=O) groups is 1. The van der Waals surface area contributed by atoms with Crippen LogP contribution in [-0.2, 0) is 16.1 Å². The van der Waals surface area contributed by atoms with Crippen molar-refractivity contribution in [3.63, 3.8) is 0 Å². The molecule has 19 heavy (non-hydrogen) atoms. The van der Waals surface area contributed by atoms with E-state index in [-0.39, 0.29) is 17.9 Å². The van der Waals surface area contributed by atoms with Gasteiger partial charge in [0.15, 0.2) is 0 Å². The minimum atomic E-state index is -0.490. The number of anilines is 1. The lowest BCUT2D eigenvalue weighted by molar-refractivity contribution is -0.118. The summed E-state index contributed by atoms with van der Waals surface area (Å²) in [6, 6.07) is 7.14. The molecule has 1 aromatic rings. The summed E-state index contributed by atoms with van der Waals surface area (Å²) >= 11 is 0. The summed E-state index contributed by atoms with van der Waals surface area (Å²) in [5.74, 6) is -0.0376. The molecule has 0 aromatic heterocycles. The molecule has 4 heteroatoms. The van der Waals surface area contributed by atoms with Crippen LogP contribution in [0.3, 0.4) is 0 Å². The van der Waals surface area contributed by atoms with Crippen LogP contribution in [-0.4, -0.2) is 18.1 Å². The summed E-state index contributed by atoms with van der Waals surface area (Å²) in [5, 5.41) is 2.83. The molecule has 0 aliphatic rings. The molecule has 0 spiro atoms. The summed E-state index contributed by atoms with van der Waals surface area (Å²) in [6.45, 7) is 8.38. The Morgan fingerprint density at radius 2 is 2.00 bits per heavy atom. The van der Waals surface area contributed by atoms with Crippen LogP contribution in [0.4, 0.5) is 5.69 Å². The number of amides is 1. The van der Waals surface area contributed by atoms with Crippen molar-refractivity contribution in [1.29, 1.82) is 0 Å². The Hall–Kier alpha value is -1.39. The minimum absolute atomic E-state index is 0.118. The van der Waals surface area contributed by atoms with Gasteiger partial charge in [0.05, 0.1) is 18.8 Å². The Kier molecular flexibility index (Phi) is 5.99. The summed E-state index contributed by atoms with van der Waals surface area (Å²) in [5.41, 5.74) is 7.60. The molecular formula is C15H24N2O2. The molecule has 0 aliphatic carbocycles. The van der Waals surface area contributed by atoms with Gasteiger partial charge in [-0.05, 0) is 37.5 Å². The van der Waals surface area contributed by atoms with Crippen LogP contribution in [0.25, 0.3) is 0 Å². The van der Waals surface area contributed by atoms with Crippen molar-refractivity contribution in [2.45, 2.75) is 46.4 Å². The van der Waals surface area contributed by atoms with Crippen molar-refractivity contribution >= 4 is 11.6 Å². The fraction of sp³-hybridized carbons (Fsp3) is 0.533. The van der Waals surface area contributed by atoms with Gasteiger partial charge >= 0.3 is 0 Å². The third-order valence-electron chi connectivity index (χ3n) is 2.80. The number of hydrogen-bond donors (Lipinski definition) is 2. The van der Waals surface area contributed by atoms with Gasteiger partial charge in [-0.15, -0.1) is 0 Å². The summed E-state index contributed by atoms with van der Waals surface area (Å²) in [7, 11) is 0. The SMILES string of the molecule is CC(C)OCc1cccc(NC(=O)[C@@H](N)C(C)C)c1. The predicted molar refractivity (Wildman–Crippen MR) is 77.8 cm³/mol. The van der Waals surface area contributed by atoms with Crippen molar-refractivity contribution in [2.24, 2.45) is 11.7 Å². The maximum Gasteiger partial charge on any atom is 0.241 e. The largest absolute Gasteiger partial charge is 0.374 e. The number of ether oxygens (including phenoxy) is 1. The van der Waals surface area contributed by atoms with Crippen LogP contribution < -0.4 is 11.1 Å². The van der Waals surface area contributed by atoms with Gasteiger partial charge in [-0.3, -0.25) is 4.79 Å². The second kappa shape index (κ2) is 7.26. The van der Waals surface area contributed by atoms with E-state index in [9.17, 15) is 4.79 Å². The highest BCUT2D eigenvalue weighted by atomic mass is 16.5. The smallest absolute Gasteiger partial charge is 0.241 e. The average Bonchev–Trinajstić information content (AvgIpc) is 2.35. The predicted octanol–water partition coefficient (Wildman–Crippen LogP) is 2.53. The first-order valence-corrected chi connectivity index (χ1v) is 6.67. The van der Waals surface area contributed by atoms with Crippen molar-refractivity contribution < 1.29 is 9.53 Å². The maximum atomic E-state index is 11.9. The van der Waals surface area contributed by atoms with Crippen LogP contribution in [0.2, 0.25) is 0 Å². The van der Waals surface area contributed by atoms with Gasteiger partial charge in [-0.1, -0.05) is 26.0 Å². The normalized spacial score (nSPS) is 12.8. The molecule has 1 rings (SSSR count). The Labute approximate surface area is 115 Å². The van der Waals surface area contributed by atoms with E-state index in [4.69, 9.17) is 10.5 Å². The molecule has 0 saturated heterocycles. The summed E-state index contributed by atoms with van der Waals surface area (Å²) < 4.78 is 5.54. The van der Waals surface area contributed by atoms with Crippen molar-refractivity contribution in [3.8, 4) is 0 Å².